The van der Waals surface area contributed by atoms with Gasteiger partial charge in [-0.15, -0.1) is 0 Å². The minimum absolute atomic E-state index is 0.468. The molecule has 0 N–H and O–H groups in total. The molecule has 1 aliphatic rings. The fraction of sp³-hybridized carbons (Fsp3) is 0.0508. The molecule has 1 heteroatoms. The van der Waals surface area contributed by atoms with E-state index in [-0.39, 0.29) is 0 Å². The number of rotatable bonds is 5. The zero-order valence-electron chi connectivity index (χ0n) is 33.7. The standard InChI is InChI=1S/C59H41N/c1-38-56(41-30-29-39-17-9-10-18-40(39)35-41)52-34-32-43(37-55(52)60(38)2)58-50-26-13-11-24-48(50)57(49-25-12-14-27-51(49)58)42-31-33-47-46-23-15-16-28-53(46)59(54(47)36-42,44-19-5-3-6-20-44)45-21-7-4-8-22-45/h3-37H,1-2H3. The summed E-state index contributed by atoms with van der Waals surface area (Å²) < 4.78 is 2.37. The predicted octanol–water partition coefficient (Wildman–Crippen LogP) is 15.3. The third kappa shape index (κ3) is 4.87. The molecule has 10 aromatic carbocycles. The number of hydrogen-bond acceptors (Lipinski definition) is 0. The van der Waals surface area contributed by atoms with Gasteiger partial charge in [-0.05, 0) is 119 Å². The number of nitrogens with zero attached hydrogens (tertiary/aromatic N) is 1. The van der Waals surface area contributed by atoms with Crippen LogP contribution < -0.4 is 0 Å². The van der Waals surface area contributed by atoms with E-state index in [0.29, 0.717) is 0 Å². The molecule has 0 spiro atoms. The number of hydrogen-bond donors (Lipinski definition) is 0. The summed E-state index contributed by atoms with van der Waals surface area (Å²) in [5.74, 6) is 0. The van der Waals surface area contributed by atoms with Crippen molar-refractivity contribution in [3.63, 3.8) is 0 Å². The maximum Gasteiger partial charge on any atom is 0.0713 e. The van der Waals surface area contributed by atoms with E-state index in [0.717, 1.165) is 0 Å². The monoisotopic (exact) mass is 763 g/mol. The Labute approximate surface area is 350 Å². The summed E-state index contributed by atoms with van der Waals surface area (Å²) in [6.07, 6.45) is 0. The second kappa shape index (κ2) is 13.3. The van der Waals surface area contributed by atoms with Crippen LogP contribution in [0.1, 0.15) is 27.9 Å². The van der Waals surface area contributed by atoms with E-state index in [1.54, 1.807) is 0 Å². The maximum atomic E-state index is 2.51. The van der Waals surface area contributed by atoms with Gasteiger partial charge in [0.1, 0.15) is 0 Å². The van der Waals surface area contributed by atoms with Crippen LogP contribution in [0.3, 0.4) is 0 Å². The lowest BCUT2D eigenvalue weighted by Crippen LogP contribution is -2.28. The van der Waals surface area contributed by atoms with Gasteiger partial charge in [0.15, 0.2) is 0 Å². The fourth-order valence-corrected chi connectivity index (χ4v) is 10.8. The molecule has 0 aliphatic heterocycles. The van der Waals surface area contributed by atoms with Crippen molar-refractivity contribution in [3.8, 4) is 44.5 Å². The molecule has 12 rings (SSSR count). The van der Waals surface area contributed by atoms with Gasteiger partial charge in [0, 0.05) is 29.2 Å². The molecule has 282 valence electrons. The Balaban J connectivity index is 1.09. The molecule has 0 fully saturated rings. The quantitative estimate of drug-likeness (QED) is 0.154. The van der Waals surface area contributed by atoms with Crippen LogP contribution in [0.4, 0.5) is 0 Å². The van der Waals surface area contributed by atoms with Gasteiger partial charge in [-0.3, -0.25) is 0 Å². The SMILES string of the molecule is Cc1c(-c2ccc3ccccc3c2)c2ccc(-c3c4ccccc4c(-c4ccc5c(c4)C(c4ccccc4)(c4ccccc4)c4ccccc4-5)c4ccccc34)cc2n1C. The van der Waals surface area contributed by atoms with Gasteiger partial charge in [0.2, 0.25) is 0 Å². The Morgan fingerprint density at radius 2 is 0.833 bits per heavy atom. The van der Waals surface area contributed by atoms with Gasteiger partial charge >= 0.3 is 0 Å². The Bertz CT molecular complexity index is 3400. The Kier molecular flexibility index (Phi) is 7.65. The molecule has 0 amide bonds. The first-order chi connectivity index (χ1) is 29.6. The number of aromatic nitrogens is 1. The van der Waals surface area contributed by atoms with Gasteiger partial charge < -0.3 is 4.57 Å². The van der Waals surface area contributed by atoms with E-state index in [1.807, 2.05) is 0 Å². The van der Waals surface area contributed by atoms with E-state index in [2.05, 4.69) is 231 Å². The molecule has 1 heterocycles. The highest BCUT2D eigenvalue weighted by atomic mass is 14.9. The maximum absolute atomic E-state index is 2.51. The van der Waals surface area contributed by atoms with Crippen LogP contribution in [0.25, 0.3) is 87.7 Å². The average Bonchev–Trinajstić information content (AvgIpc) is 3.75. The molecule has 0 unspecified atom stereocenters. The molecule has 0 atom stereocenters. The average molecular weight is 764 g/mol. The molecular formula is C59H41N. The second-order valence-corrected chi connectivity index (χ2v) is 16.4. The molecule has 1 aromatic heterocycles. The first kappa shape index (κ1) is 34.6. The van der Waals surface area contributed by atoms with Crippen molar-refractivity contribution in [2.24, 2.45) is 7.05 Å². The van der Waals surface area contributed by atoms with Gasteiger partial charge in [-0.2, -0.15) is 0 Å². The van der Waals surface area contributed by atoms with Crippen LogP contribution in [0.5, 0.6) is 0 Å². The van der Waals surface area contributed by atoms with Crippen LogP contribution in [-0.2, 0) is 12.5 Å². The molecule has 0 radical (unpaired) electrons. The molecule has 11 aromatic rings. The van der Waals surface area contributed by atoms with E-state index < -0.39 is 5.41 Å². The second-order valence-electron chi connectivity index (χ2n) is 16.4. The van der Waals surface area contributed by atoms with Crippen LogP contribution in [-0.4, -0.2) is 4.57 Å². The molecular weight excluding hydrogens is 723 g/mol. The van der Waals surface area contributed by atoms with Crippen LogP contribution in [0.15, 0.2) is 212 Å². The molecule has 60 heavy (non-hydrogen) atoms. The molecule has 0 saturated heterocycles. The molecule has 0 saturated carbocycles. The zero-order chi connectivity index (χ0) is 40.0. The molecule has 0 bridgehead atoms. The first-order valence-electron chi connectivity index (χ1n) is 21.0. The summed E-state index contributed by atoms with van der Waals surface area (Å²) in [6.45, 7) is 2.25. The summed E-state index contributed by atoms with van der Waals surface area (Å²) in [5.41, 5.74) is 17.4. The van der Waals surface area contributed by atoms with Crippen LogP contribution >= 0.6 is 0 Å². The summed E-state index contributed by atoms with van der Waals surface area (Å²) in [5, 5.41) is 8.83. The minimum atomic E-state index is -0.468. The van der Waals surface area contributed by atoms with Gasteiger partial charge in [0.05, 0.1) is 5.41 Å². The highest BCUT2D eigenvalue weighted by molar-refractivity contribution is 6.22. The number of aryl methyl sites for hydroxylation is 1. The van der Waals surface area contributed by atoms with Gasteiger partial charge in [-0.1, -0.05) is 194 Å². The smallest absolute Gasteiger partial charge is 0.0713 e. The van der Waals surface area contributed by atoms with Crippen molar-refractivity contribution < 1.29 is 0 Å². The molecule has 1 nitrogen and oxygen atoms in total. The Morgan fingerprint density at radius 3 is 1.48 bits per heavy atom. The fourth-order valence-electron chi connectivity index (χ4n) is 10.8. The third-order valence-corrected chi connectivity index (χ3v) is 13.5. The zero-order valence-corrected chi connectivity index (χ0v) is 33.7. The summed E-state index contributed by atoms with van der Waals surface area (Å²) in [6, 6.07) is 79.2. The van der Waals surface area contributed by atoms with Crippen molar-refractivity contribution >= 4 is 43.2 Å². The van der Waals surface area contributed by atoms with Crippen LogP contribution in [0.2, 0.25) is 0 Å². The van der Waals surface area contributed by atoms with E-state index >= 15 is 0 Å². The number of fused-ring (bicyclic) bond motifs is 7. The Hall–Kier alpha value is -7.48. The van der Waals surface area contributed by atoms with Crippen molar-refractivity contribution in [1.82, 2.24) is 4.57 Å². The van der Waals surface area contributed by atoms with Crippen molar-refractivity contribution in [3.05, 3.63) is 240 Å². The Morgan fingerprint density at radius 1 is 0.350 bits per heavy atom. The predicted molar refractivity (Wildman–Crippen MR) is 254 cm³/mol. The van der Waals surface area contributed by atoms with Crippen molar-refractivity contribution in [2.45, 2.75) is 12.3 Å². The van der Waals surface area contributed by atoms with Crippen LogP contribution in [0, 0.1) is 6.92 Å². The summed E-state index contributed by atoms with van der Waals surface area (Å²) >= 11 is 0. The normalized spacial score (nSPS) is 13.0. The summed E-state index contributed by atoms with van der Waals surface area (Å²) in [7, 11) is 2.21. The van der Waals surface area contributed by atoms with Gasteiger partial charge in [-0.25, -0.2) is 0 Å². The summed E-state index contributed by atoms with van der Waals surface area (Å²) in [4.78, 5) is 0. The van der Waals surface area contributed by atoms with Crippen molar-refractivity contribution in [1.29, 1.82) is 0 Å². The lowest BCUT2D eigenvalue weighted by Gasteiger charge is -2.34. The van der Waals surface area contributed by atoms with E-state index in [4.69, 9.17) is 0 Å². The lowest BCUT2D eigenvalue weighted by molar-refractivity contribution is 0.769. The lowest BCUT2D eigenvalue weighted by atomic mass is 9.67. The van der Waals surface area contributed by atoms with E-state index in [9.17, 15) is 0 Å². The van der Waals surface area contributed by atoms with E-state index in [1.165, 1.54) is 116 Å². The highest BCUT2D eigenvalue weighted by Gasteiger charge is 2.46. The topological polar surface area (TPSA) is 4.93 Å². The van der Waals surface area contributed by atoms with Crippen molar-refractivity contribution in [2.75, 3.05) is 0 Å². The largest absolute Gasteiger partial charge is 0.347 e. The number of benzene rings is 10. The minimum Gasteiger partial charge on any atom is -0.347 e. The van der Waals surface area contributed by atoms with Gasteiger partial charge in [0.25, 0.3) is 0 Å². The molecule has 1 aliphatic carbocycles. The highest BCUT2D eigenvalue weighted by Crippen LogP contribution is 2.57. The first-order valence-corrected chi connectivity index (χ1v) is 21.0. The third-order valence-electron chi connectivity index (χ3n) is 13.5.